The van der Waals surface area contributed by atoms with E-state index in [2.05, 4.69) is 87.6 Å². The normalized spacial score (nSPS) is 12.6. The molecule has 0 amide bonds. The van der Waals surface area contributed by atoms with Crippen molar-refractivity contribution in [1.82, 2.24) is 0 Å². The Balaban J connectivity index is 4.48. The molecule has 0 N–H and O–H groups in total. The number of hydrogen-bond acceptors (Lipinski definition) is 6. The Bertz CT molecular complexity index is 1290. The largest absolute Gasteiger partial charge is 0.462 e. The first-order valence-corrected chi connectivity index (χ1v) is 29.4. The minimum atomic E-state index is -0.806. The fourth-order valence-corrected chi connectivity index (χ4v) is 8.24. The third-order valence-corrected chi connectivity index (χ3v) is 12.7. The molecule has 0 fully saturated rings. The zero-order valence-corrected chi connectivity index (χ0v) is 45.6. The summed E-state index contributed by atoms with van der Waals surface area (Å²) in [6.07, 6.45) is 73.3. The van der Waals surface area contributed by atoms with Crippen molar-refractivity contribution in [1.29, 1.82) is 0 Å². The molecular formula is C63H110O6. The molecule has 0 heterocycles. The number of ether oxygens (including phenoxy) is 3. The molecule has 69 heavy (non-hydrogen) atoms. The Labute approximate surface area is 427 Å². The number of allylic oxidation sites excluding steroid dienone is 12. The number of rotatable bonds is 53. The van der Waals surface area contributed by atoms with Crippen LogP contribution in [0.4, 0.5) is 0 Å². The van der Waals surface area contributed by atoms with E-state index in [1.165, 1.54) is 180 Å². The summed E-state index contributed by atoms with van der Waals surface area (Å²) in [7, 11) is 0. The Morgan fingerprint density at radius 1 is 0.290 bits per heavy atom. The Morgan fingerprint density at radius 2 is 0.551 bits per heavy atom. The van der Waals surface area contributed by atoms with Crippen molar-refractivity contribution in [3.8, 4) is 0 Å². The van der Waals surface area contributed by atoms with E-state index in [1.807, 2.05) is 6.08 Å². The van der Waals surface area contributed by atoms with E-state index in [0.29, 0.717) is 19.3 Å². The number of esters is 3. The molecule has 1 atom stereocenters. The minimum Gasteiger partial charge on any atom is -0.462 e. The van der Waals surface area contributed by atoms with Gasteiger partial charge in [-0.15, -0.1) is 0 Å². The average Bonchev–Trinajstić information content (AvgIpc) is 3.35. The smallest absolute Gasteiger partial charge is 0.306 e. The SMILES string of the molecule is CCCCC/C=C\C/C=C\C/C=C\C/C=C\C/C=C\CCC(=O)OC[C@H](COC(=O)CCCCCCCCCCCCCCCCC)OC(=O)CCCCCCCCC/C=C\CCCCCCCC. The highest BCUT2D eigenvalue weighted by Gasteiger charge is 2.19. The molecule has 0 aliphatic rings. The second-order valence-electron chi connectivity index (χ2n) is 19.6. The van der Waals surface area contributed by atoms with Crippen molar-refractivity contribution in [2.75, 3.05) is 13.2 Å². The maximum atomic E-state index is 12.9. The van der Waals surface area contributed by atoms with Gasteiger partial charge in [-0.05, 0) is 83.5 Å². The average molecular weight is 964 g/mol. The highest BCUT2D eigenvalue weighted by molar-refractivity contribution is 5.71. The maximum absolute atomic E-state index is 12.9. The summed E-state index contributed by atoms with van der Waals surface area (Å²) in [6.45, 7) is 6.57. The second kappa shape index (κ2) is 57.4. The highest BCUT2D eigenvalue weighted by atomic mass is 16.6. The zero-order chi connectivity index (χ0) is 50.0. The molecule has 0 spiro atoms. The fourth-order valence-electron chi connectivity index (χ4n) is 8.24. The van der Waals surface area contributed by atoms with Crippen LogP contribution in [0.15, 0.2) is 72.9 Å². The predicted octanol–water partition coefficient (Wildman–Crippen LogP) is 19.8. The fraction of sp³-hybridized carbons (Fsp3) is 0.762. The second-order valence-corrected chi connectivity index (χ2v) is 19.6. The van der Waals surface area contributed by atoms with Crippen LogP contribution in [0, 0.1) is 0 Å². The van der Waals surface area contributed by atoms with Gasteiger partial charge in [0.2, 0.25) is 0 Å². The van der Waals surface area contributed by atoms with Crippen molar-refractivity contribution in [2.45, 2.75) is 297 Å². The van der Waals surface area contributed by atoms with Gasteiger partial charge in [0.1, 0.15) is 13.2 Å². The molecule has 6 heteroatoms. The molecule has 0 aliphatic carbocycles. The first kappa shape index (κ1) is 65.8. The molecule has 0 aliphatic heterocycles. The van der Waals surface area contributed by atoms with Crippen LogP contribution in [0.25, 0.3) is 0 Å². The molecule has 0 unspecified atom stereocenters. The first-order valence-electron chi connectivity index (χ1n) is 29.4. The van der Waals surface area contributed by atoms with Gasteiger partial charge in [0.05, 0.1) is 0 Å². The number of hydrogen-bond donors (Lipinski definition) is 0. The van der Waals surface area contributed by atoms with E-state index in [0.717, 1.165) is 64.2 Å². The van der Waals surface area contributed by atoms with E-state index >= 15 is 0 Å². The van der Waals surface area contributed by atoms with Gasteiger partial charge < -0.3 is 14.2 Å². The van der Waals surface area contributed by atoms with Crippen molar-refractivity contribution in [2.24, 2.45) is 0 Å². The monoisotopic (exact) mass is 963 g/mol. The van der Waals surface area contributed by atoms with Crippen LogP contribution >= 0.6 is 0 Å². The first-order chi connectivity index (χ1) is 34.0. The van der Waals surface area contributed by atoms with E-state index in [1.54, 1.807) is 0 Å². The Hall–Kier alpha value is -3.15. The standard InChI is InChI=1S/C63H110O6/c1-4-7-10-13-16-19-22-25-28-30-31-33-35-38-41-44-47-50-53-56-62(65)68-59-60(58-67-61(64)55-52-49-46-43-40-37-34-27-24-21-18-15-12-9-6-3)69-63(66)57-54-51-48-45-42-39-36-32-29-26-23-20-17-14-11-8-5-2/h16,19,25-26,28-29,31,33,38,41,47,50,60H,4-15,17-18,20-24,27,30,32,34-37,39-40,42-46,48-49,51-59H2,1-3H3/b19-16-,28-25-,29-26-,33-31-,41-38-,50-47-/t60-/m0/s1. The molecule has 0 aromatic carbocycles. The topological polar surface area (TPSA) is 78.9 Å². The highest BCUT2D eigenvalue weighted by Crippen LogP contribution is 2.16. The molecule has 0 saturated carbocycles. The van der Waals surface area contributed by atoms with Gasteiger partial charge in [-0.25, -0.2) is 0 Å². The number of unbranched alkanes of at least 4 members (excludes halogenated alkanes) is 30. The molecule has 0 aromatic rings. The van der Waals surface area contributed by atoms with E-state index < -0.39 is 6.10 Å². The van der Waals surface area contributed by atoms with E-state index in [4.69, 9.17) is 14.2 Å². The van der Waals surface area contributed by atoms with Gasteiger partial charge in [-0.1, -0.05) is 261 Å². The van der Waals surface area contributed by atoms with Gasteiger partial charge in [0.15, 0.2) is 6.10 Å². The van der Waals surface area contributed by atoms with Crippen LogP contribution in [-0.4, -0.2) is 37.2 Å². The quantitative estimate of drug-likeness (QED) is 0.0262. The van der Waals surface area contributed by atoms with Crippen molar-refractivity contribution >= 4 is 17.9 Å². The van der Waals surface area contributed by atoms with Crippen LogP contribution in [0.2, 0.25) is 0 Å². The predicted molar refractivity (Wildman–Crippen MR) is 298 cm³/mol. The maximum Gasteiger partial charge on any atom is 0.306 e. The van der Waals surface area contributed by atoms with Gasteiger partial charge in [-0.2, -0.15) is 0 Å². The summed E-state index contributed by atoms with van der Waals surface area (Å²) in [6, 6.07) is 0. The lowest BCUT2D eigenvalue weighted by molar-refractivity contribution is -0.166. The zero-order valence-electron chi connectivity index (χ0n) is 45.6. The van der Waals surface area contributed by atoms with Crippen molar-refractivity contribution in [3.05, 3.63) is 72.9 Å². The summed E-state index contributed by atoms with van der Waals surface area (Å²) >= 11 is 0. The lowest BCUT2D eigenvalue weighted by atomic mass is 10.0. The van der Waals surface area contributed by atoms with Gasteiger partial charge in [0.25, 0.3) is 0 Å². The molecule has 0 aromatic heterocycles. The Morgan fingerprint density at radius 3 is 0.942 bits per heavy atom. The molecular weight excluding hydrogens is 853 g/mol. The summed E-state index contributed by atoms with van der Waals surface area (Å²) in [4.78, 5) is 38.1. The molecule has 0 radical (unpaired) electrons. The summed E-state index contributed by atoms with van der Waals surface area (Å²) in [5.41, 5.74) is 0. The van der Waals surface area contributed by atoms with E-state index in [-0.39, 0.29) is 37.5 Å². The molecule has 398 valence electrons. The van der Waals surface area contributed by atoms with Crippen LogP contribution in [-0.2, 0) is 28.6 Å². The minimum absolute atomic E-state index is 0.0974. The number of carbonyl (C=O) groups excluding carboxylic acids is 3. The molecule has 0 rings (SSSR count). The van der Waals surface area contributed by atoms with Crippen molar-refractivity contribution in [3.63, 3.8) is 0 Å². The molecule has 6 nitrogen and oxygen atoms in total. The van der Waals surface area contributed by atoms with Crippen molar-refractivity contribution < 1.29 is 28.6 Å². The van der Waals surface area contributed by atoms with Gasteiger partial charge in [-0.3, -0.25) is 14.4 Å². The molecule has 0 saturated heterocycles. The van der Waals surface area contributed by atoms with Crippen LogP contribution < -0.4 is 0 Å². The summed E-state index contributed by atoms with van der Waals surface area (Å²) in [5.74, 6) is -0.977. The van der Waals surface area contributed by atoms with Crippen LogP contribution in [0.3, 0.4) is 0 Å². The summed E-state index contributed by atoms with van der Waals surface area (Å²) in [5, 5.41) is 0. The Kier molecular flexibility index (Phi) is 54.8. The van der Waals surface area contributed by atoms with E-state index in [9.17, 15) is 14.4 Å². The lowest BCUT2D eigenvalue weighted by Gasteiger charge is -2.18. The number of carbonyl (C=O) groups is 3. The summed E-state index contributed by atoms with van der Waals surface area (Å²) < 4.78 is 16.8. The third kappa shape index (κ3) is 55.6. The van der Waals surface area contributed by atoms with Gasteiger partial charge >= 0.3 is 17.9 Å². The van der Waals surface area contributed by atoms with Crippen LogP contribution in [0.5, 0.6) is 0 Å². The van der Waals surface area contributed by atoms with Gasteiger partial charge in [0, 0.05) is 19.3 Å². The van der Waals surface area contributed by atoms with Crippen LogP contribution in [0.1, 0.15) is 290 Å². The molecule has 0 bridgehead atoms. The lowest BCUT2D eigenvalue weighted by Crippen LogP contribution is -2.30. The third-order valence-electron chi connectivity index (χ3n) is 12.7.